The van der Waals surface area contributed by atoms with Crippen molar-refractivity contribution in [2.45, 2.75) is 26.2 Å². The van der Waals surface area contributed by atoms with E-state index in [2.05, 4.69) is 0 Å². The van der Waals surface area contributed by atoms with Crippen LogP contribution in [0.25, 0.3) is 0 Å². The lowest BCUT2D eigenvalue weighted by atomic mass is 9.99. The zero-order chi connectivity index (χ0) is 20.6. The van der Waals surface area contributed by atoms with Crippen LogP contribution in [0.3, 0.4) is 0 Å². The maximum absolute atomic E-state index is 11.4. The van der Waals surface area contributed by atoms with Gasteiger partial charge in [0, 0.05) is 22.7 Å². The molecule has 0 aliphatic heterocycles. The molecule has 27 heavy (non-hydrogen) atoms. The Morgan fingerprint density at radius 3 is 2.04 bits per heavy atom. The number of esters is 1. The number of carboxylic acid groups (broad SMARTS) is 1. The first kappa shape index (κ1) is 21.6. The average Bonchev–Trinajstić information content (AvgIpc) is 2.59. The number of carbonyl (C=O) groups excluding carboxylic acids is 1. The maximum atomic E-state index is 11.4. The maximum Gasteiger partial charge on any atom is 0.340 e. The summed E-state index contributed by atoms with van der Waals surface area (Å²) in [7, 11) is 0. The molecule has 0 heterocycles. The Kier molecular flexibility index (Phi) is 7.93. The average molecular weight is 374 g/mol. The minimum Gasteiger partial charge on any atom is -0.481 e. The van der Waals surface area contributed by atoms with Gasteiger partial charge < -0.3 is 32.8 Å². The molecule has 0 amide bonds. The minimum atomic E-state index is -0.892. The van der Waals surface area contributed by atoms with Crippen LogP contribution in [-0.4, -0.2) is 23.7 Å². The summed E-state index contributed by atoms with van der Waals surface area (Å²) >= 11 is 0. The number of aliphatic carboxylic acids is 1. The van der Waals surface area contributed by atoms with E-state index in [0.717, 1.165) is 6.42 Å². The zero-order valence-electron chi connectivity index (χ0n) is 15.4. The summed E-state index contributed by atoms with van der Waals surface area (Å²) in [5.74, 6) is -1.89. The summed E-state index contributed by atoms with van der Waals surface area (Å²) in [6, 6.07) is 9.59. The lowest BCUT2D eigenvalue weighted by Gasteiger charge is -2.09. The molecule has 0 spiro atoms. The van der Waals surface area contributed by atoms with E-state index >= 15 is 0 Å². The first-order valence-electron chi connectivity index (χ1n) is 8.37. The summed E-state index contributed by atoms with van der Waals surface area (Å²) in [6.07, 6.45) is 0.792. The Morgan fingerprint density at radius 2 is 1.56 bits per heavy atom. The molecule has 2 aromatic rings. The number of carboxylic acids is 1. The summed E-state index contributed by atoms with van der Waals surface area (Å²) in [5, 5.41) is 8.74. The van der Waals surface area contributed by atoms with E-state index in [-0.39, 0.29) is 0 Å². The minimum absolute atomic E-state index is 0.353. The second-order valence-corrected chi connectivity index (χ2v) is 5.93. The first-order valence-corrected chi connectivity index (χ1v) is 8.37. The summed E-state index contributed by atoms with van der Waals surface area (Å²) in [4.78, 5) is 22.0. The molecule has 1 unspecified atom stereocenters. The lowest BCUT2D eigenvalue weighted by molar-refractivity contribution is -0.138. The smallest absolute Gasteiger partial charge is 0.340 e. The number of hydrogen-bond donors (Lipinski definition) is 5. The fraction of sp³-hybridized carbons (Fsp3) is 0.263. The van der Waals surface area contributed by atoms with Gasteiger partial charge in [0.15, 0.2) is 0 Å². The summed E-state index contributed by atoms with van der Waals surface area (Å²) in [5.41, 5.74) is 25.0. The number of rotatable bonds is 5. The monoisotopic (exact) mass is 374 g/mol. The highest BCUT2D eigenvalue weighted by molar-refractivity contribution is 5.95. The molecule has 1 atom stereocenters. The van der Waals surface area contributed by atoms with E-state index in [1.807, 2.05) is 6.92 Å². The van der Waals surface area contributed by atoms with Crippen LogP contribution in [0.2, 0.25) is 0 Å². The van der Waals surface area contributed by atoms with Crippen LogP contribution in [-0.2, 0) is 9.53 Å². The molecule has 0 saturated heterocycles. The Balaban J connectivity index is 0.000000271. The van der Waals surface area contributed by atoms with Crippen molar-refractivity contribution in [1.29, 1.82) is 0 Å². The summed E-state index contributed by atoms with van der Waals surface area (Å²) < 4.78 is 4.94. The Morgan fingerprint density at radius 1 is 1.00 bits per heavy atom. The lowest BCUT2D eigenvalue weighted by Crippen LogP contribution is -2.09. The quantitative estimate of drug-likeness (QED) is 0.393. The number of anilines is 4. The van der Waals surface area contributed by atoms with Crippen molar-refractivity contribution in [3.05, 3.63) is 47.5 Å². The molecule has 0 radical (unpaired) electrons. The SMILES string of the molecule is CC(C(=O)O)c1ccc(N)cc1N.CCCOC(=O)c1ccc(N)cc1N. The van der Waals surface area contributed by atoms with Crippen molar-refractivity contribution < 1.29 is 19.4 Å². The highest BCUT2D eigenvalue weighted by atomic mass is 16.5. The van der Waals surface area contributed by atoms with Crippen LogP contribution in [0.1, 0.15) is 42.1 Å². The number of carbonyl (C=O) groups is 2. The second kappa shape index (κ2) is 9.91. The molecule has 8 heteroatoms. The topological polar surface area (TPSA) is 168 Å². The molecule has 0 bridgehead atoms. The molecule has 8 nitrogen and oxygen atoms in total. The number of hydrogen-bond acceptors (Lipinski definition) is 7. The molecule has 0 saturated carbocycles. The van der Waals surface area contributed by atoms with Gasteiger partial charge in [0.1, 0.15) is 0 Å². The van der Waals surface area contributed by atoms with Crippen molar-refractivity contribution >= 4 is 34.7 Å². The third-order valence-corrected chi connectivity index (χ3v) is 3.68. The number of nitrogen functional groups attached to an aromatic ring is 4. The molecule has 0 fully saturated rings. The van der Waals surface area contributed by atoms with Gasteiger partial charge >= 0.3 is 11.9 Å². The normalized spacial score (nSPS) is 11.0. The number of nitrogens with two attached hydrogens (primary N) is 4. The standard InChI is InChI=1S/C10H14N2O2.C9H12N2O2/c1-2-5-14-10(13)8-4-3-7(11)6-9(8)12;1-5(9(12)13)7-3-2-6(10)4-8(7)11/h3-4,6H,2,5,11-12H2,1H3;2-5H,10-11H2,1H3,(H,12,13). The van der Waals surface area contributed by atoms with Gasteiger partial charge in [-0.3, -0.25) is 4.79 Å². The molecule has 2 rings (SSSR count). The third kappa shape index (κ3) is 6.43. The molecule has 0 aliphatic carbocycles. The van der Waals surface area contributed by atoms with Gasteiger partial charge in [0.2, 0.25) is 0 Å². The van der Waals surface area contributed by atoms with E-state index in [0.29, 0.717) is 40.5 Å². The number of benzene rings is 2. The predicted molar refractivity (Wildman–Crippen MR) is 107 cm³/mol. The van der Waals surface area contributed by atoms with Crippen molar-refractivity contribution in [3.63, 3.8) is 0 Å². The zero-order valence-corrected chi connectivity index (χ0v) is 15.4. The molecular weight excluding hydrogens is 348 g/mol. The van der Waals surface area contributed by atoms with E-state index in [9.17, 15) is 9.59 Å². The van der Waals surface area contributed by atoms with Crippen LogP contribution >= 0.6 is 0 Å². The fourth-order valence-corrected chi connectivity index (χ4v) is 2.16. The largest absolute Gasteiger partial charge is 0.481 e. The van der Waals surface area contributed by atoms with Crippen LogP contribution in [0.4, 0.5) is 22.7 Å². The van der Waals surface area contributed by atoms with Crippen LogP contribution in [0.5, 0.6) is 0 Å². The van der Waals surface area contributed by atoms with Crippen molar-refractivity contribution in [2.24, 2.45) is 0 Å². The first-order chi connectivity index (χ1) is 12.7. The van der Waals surface area contributed by atoms with E-state index in [1.165, 1.54) is 0 Å². The van der Waals surface area contributed by atoms with Gasteiger partial charge in [-0.2, -0.15) is 0 Å². The number of ether oxygens (including phenoxy) is 1. The van der Waals surface area contributed by atoms with Gasteiger partial charge in [-0.1, -0.05) is 13.0 Å². The molecule has 0 aromatic heterocycles. The molecule has 146 valence electrons. The van der Waals surface area contributed by atoms with E-state index < -0.39 is 17.9 Å². The molecule has 9 N–H and O–H groups in total. The van der Waals surface area contributed by atoms with Crippen molar-refractivity contribution in [3.8, 4) is 0 Å². The van der Waals surface area contributed by atoms with Crippen molar-refractivity contribution in [2.75, 3.05) is 29.5 Å². The van der Waals surface area contributed by atoms with Gasteiger partial charge in [-0.15, -0.1) is 0 Å². The Labute approximate surface area is 158 Å². The van der Waals surface area contributed by atoms with E-state index in [4.69, 9.17) is 32.8 Å². The van der Waals surface area contributed by atoms with Crippen LogP contribution in [0.15, 0.2) is 36.4 Å². The highest BCUT2D eigenvalue weighted by Gasteiger charge is 2.15. The van der Waals surface area contributed by atoms with Gasteiger partial charge in [-0.25, -0.2) is 4.79 Å². The van der Waals surface area contributed by atoms with Gasteiger partial charge in [0.25, 0.3) is 0 Å². The van der Waals surface area contributed by atoms with Crippen LogP contribution < -0.4 is 22.9 Å². The van der Waals surface area contributed by atoms with E-state index in [1.54, 1.807) is 43.3 Å². The van der Waals surface area contributed by atoms with Crippen molar-refractivity contribution in [1.82, 2.24) is 0 Å². The molecular formula is C19H26N4O4. The fourth-order valence-electron chi connectivity index (χ4n) is 2.16. The highest BCUT2D eigenvalue weighted by Crippen LogP contribution is 2.24. The van der Waals surface area contributed by atoms with Gasteiger partial charge in [-0.05, 0) is 49.2 Å². The second-order valence-electron chi connectivity index (χ2n) is 5.93. The predicted octanol–water partition coefficient (Wildman–Crippen LogP) is 2.46. The van der Waals surface area contributed by atoms with Crippen LogP contribution in [0, 0.1) is 0 Å². The third-order valence-electron chi connectivity index (χ3n) is 3.68. The molecule has 2 aromatic carbocycles. The Bertz CT molecular complexity index is 808. The Hall–Kier alpha value is -3.42. The molecule has 0 aliphatic rings. The van der Waals surface area contributed by atoms with Gasteiger partial charge in [0.05, 0.1) is 18.1 Å². The summed E-state index contributed by atoms with van der Waals surface area (Å²) in [6.45, 7) is 3.92.